The Morgan fingerprint density at radius 3 is 2.76 bits per heavy atom. The summed E-state index contributed by atoms with van der Waals surface area (Å²) in [6, 6.07) is 10.2. The molecule has 4 heteroatoms. The Kier molecular flexibility index (Phi) is 5.36. The molecule has 0 saturated carbocycles. The van der Waals surface area contributed by atoms with Crippen molar-refractivity contribution in [3.63, 3.8) is 0 Å². The number of fused-ring (bicyclic) bond motifs is 1. The van der Waals surface area contributed by atoms with Gasteiger partial charge in [0.1, 0.15) is 12.0 Å². The van der Waals surface area contributed by atoms with Crippen LogP contribution in [0.2, 0.25) is 0 Å². The number of rotatable bonds is 6. The Morgan fingerprint density at radius 2 is 2.14 bits per heavy atom. The van der Waals surface area contributed by atoms with E-state index in [0.29, 0.717) is 12.5 Å². The normalized spacial score (nSPS) is 21.1. The Hall–Kier alpha value is -1.40. The Bertz CT molecular complexity index is 514. The van der Waals surface area contributed by atoms with E-state index in [1.165, 1.54) is 0 Å². The van der Waals surface area contributed by atoms with Crippen LogP contribution >= 0.6 is 11.6 Å². The first-order valence-corrected chi connectivity index (χ1v) is 8.07. The van der Waals surface area contributed by atoms with Crippen LogP contribution in [0.5, 0.6) is 11.5 Å². The molecule has 1 heterocycles. The van der Waals surface area contributed by atoms with E-state index in [0.717, 1.165) is 30.8 Å². The van der Waals surface area contributed by atoms with Gasteiger partial charge in [0, 0.05) is 5.88 Å². The average Bonchev–Trinajstić information content (AvgIpc) is 2.55. The highest BCUT2D eigenvalue weighted by atomic mass is 35.5. The van der Waals surface area contributed by atoms with E-state index < -0.39 is 5.41 Å². The molecule has 3 atom stereocenters. The number of para-hydroxylation sites is 2. The Morgan fingerprint density at radius 1 is 1.43 bits per heavy atom. The van der Waals surface area contributed by atoms with Crippen LogP contribution in [0, 0.1) is 22.7 Å². The highest BCUT2D eigenvalue weighted by molar-refractivity contribution is 6.17. The average molecular weight is 308 g/mol. The van der Waals surface area contributed by atoms with E-state index in [1.54, 1.807) is 0 Å². The molecule has 0 aromatic heterocycles. The van der Waals surface area contributed by atoms with Gasteiger partial charge in [-0.3, -0.25) is 0 Å². The zero-order chi connectivity index (χ0) is 15.3. The van der Waals surface area contributed by atoms with Crippen LogP contribution in [0.3, 0.4) is 0 Å². The van der Waals surface area contributed by atoms with Crippen molar-refractivity contribution < 1.29 is 9.47 Å². The number of nitrogens with zero attached hydrogens (tertiary/aromatic N) is 1. The molecule has 3 nitrogen and oxygen atoms in total. The molecule has 0 amide bonds. The summed E-state index contributed by atoms with van der Waals surface area (Å²) in [6.07, 6.45) is 2.21. The predicted octanol–water partition coefficient (Wildman–Crippen LogP) is 4.40. The summed E-state index contributed by atoms with van der Waals surface area (Å²) >= 11 is 5.85. The maximum absolute atomic E-state index is 9.88. The fraction of sp³-hybridized carbons (Fsp3) is 0.588. The summed E-state index contributed by atoms with van der Waals surface area (Å²) in [4.78, 5) is 0. The summed E-state index contributed by atoms with van der Waals surface area (Å²) in [5.74, 6) is 2.26. The molecule has 1 aliphatic heterocycles. The molecule has 0 saturated heterocycles. The number of alkyl halides is 1. The molecule has 0 radical (unpaired) electrons. The lowest BCUT2D eigenvalue weighted by Crippen LogP contribution is -2.48. The van der Waals surface area contributed by atoms with Crippen LogP contribution in [0.1, 0.15) is 33.1 Å². The van der Waals surface area contributed by atoms with Crippen LogP contribution in [0.25, 0.3) is 0 Å². The summed E-state index contributed by atoms with van der Waals surface area (Å²) < 4.78 is 11.9. The molecule has 3 unspecified atom stereocenters. The van der Waals surface area contributed by atoms with Crippen molar-refractivity contribution in [3.05, 3.63) is 24.3 Å². The molecule has 1 aromatic rings. The fourth-order valence-electron chi connectivity index (χ4n) is 2.96. The lowest BCUT2D eigenvalue weighted by Gasteiger charge is -2.41. The van der Waals surface area contributed by atoms with Gasteiger partial charge in [-0.2, -0.15) is 5.26 Å². The van der Waals surface area contributed by atoms with E-state index in [-0.39, 0.29) is 12.0 Å². The predicted molar refractivity (Wildman–Crippen MR) is 83.8 cm³/mol. The van der Waals surface area contributed by atoms with Crippen LogP contribution < -0.4 is 9.47 Å². The SMILES string of the molecule is CCC(C)C(C#N)(CCCCl)C1COc2ccccc2O1. The molecule has 0 spiro atoms. The monoisotopic (exact) mass is 307 g/mol. The zero-order valence-corrected chi connectivity index (χ0v) is 13.4. The molecular weight excluding hydrogens is 286 g/mol. The maximum atomic E-state index is 9.88. The first kappa shape index (κ1) is 16.0. The molecule has 1 aromatic carbocycles. The molecule has 0 aliphatic carbocycles. The topological polar surface area (TPSA) is 42.2 Å². The Labute approximate surface area is 131 Å². The summed E-state index contributed by atoms with van der Waals surface area (Å²) in [5.41, 5.74) is -0.558. The lowest BCUT2D eigenvalue weighted by atomic mass is 9.69. The van der Waals surface area contributed by atoms with E-state index >= 15 is 0 Å². The van der Waals surface area contributed by atoms with Crippen molar-refractivity contribution in [2.45, 2.75) is 39.2 Å². The molecule has 0 N–H and O–H groups in total. The number of benzene rings is 1. The molecule has 2 rings (SSSR count). The van der Waals surface area contributed by atoms with Gasteiger partial charge in [0.2, 0.25) is 0 Å². The number of hydrogen-bond acceptors (Lipinski definition) is 3. The van der Waals surface area contributed by atoms with Crippen molar-refractivity contribution in [3.8, 4) is 17.6 Å². The highest BCUT2D eigenvalue weighted by Gasteiger charge is 2.46. The Balaban J connectivity index is 2.28. The van der Waals surface area contributed by atoms with E-state index in [9.17, 15) is 5.26 Å². The third-order valence-corrected chi connectivity index (χ3v) is 4.77. The van der Waals surface area contributed by atoms with Crippen molar-refractivity contribution in [1.82, 2.24) is 0 Å². The molecular formula is C17H22ClNO2. The van der Waals surface area contributed by atoms with E-state index in [4.69, 9.17) is 21.1 Å². The molecule has 0 fully saturated rings. The first-order valence-electron chi connectivity index (χ1n) is 7.53. The van der Waals surface area contributed by atoms with Gasteiger partial charge in [-0.1, -0.05) is 32.4 Å². The fourth-order valence-corrected chi connectivity index (χ4v) is 3.09. The highest BCUT2D eigenvalue weighted by Crippen LogP contribution is 2.43. The van der Waals surface area contributed by atoms with Crippen molar-refractivity contribution in [2.75, 3.05) is 12.5 Å². The minimum atomic E-state index is -0.558. The third-order valence-electron chi connectivity index (χ3n) is 4.51. The van der Waals surface area contributed by atoms with Crippen LogP contribution in [0.4, 0.5) is 0 Å². The molecule has 1 aliphatic rings. The van der Waals surface area contributed by atoms with Crippen LogP contribution in [0.15, 0.2) is 24.3 Å². The van der Waals surface area contributed by atoms with Crippen molar-refractivity contribution >= 4 is 11.6 Å². The van der Waals surface area contributed by atoms with Gasteiger partial charge in [-0.15, -0.1) is 11.6 Å². The standard InChI is InChI=1S/C17H22ClNO2/c1-3-13(2)17(12-19,9-6-10-18)16-11-20-14-7-4-5-8-15(14)21-16/h4-5,7-8,13,16H,3,6,9-11H2,1-2H3. The van der Waals surface area contributed by atoms with Gasteiger partial charge < -0.3 is 9.47 Å². The number of nitriles is 1. The van der Waals surface area contributed by atoms with E-state index in [1.807, 2.05) is 24.3 Å². The number of halogens is 1. The van der Waals surface area contributed by atoms with Crippen LogP contribution in [-0.2, 0) is 0 Å². The van der Waals surface area contributed by atoms with Gasteiger partial charge in [-0.05, 0) is 30.9 Å². The van der Waals surface area contributed by atoms with Gasteiger partial charge in [0.05, 0.1) is 6.07 Å². The zero-order valence-electron chi connectivity index (χ0n) is 12.6. The first-order chi connectivity index (χ1) is 10.2. The summed E-state index contributed by atoms with van der Waals surface area (Å²) in [5, 5.41) is 9.88. The molecule has 21 heavy (non-hydrogen) atoms. The number of hydrogen-bond donors (Lipinski definition) is 0. The maximum Gasteiger partial charge on any atom is 0.161 e. The minimum Gasteiger partial charge on any atom is -0.486 e. The second-order valence-electron chi connectivity index (χ2n) is 5.62. The second-order valence-corrected chi connectivity index (χ2v) is 6.00. The van der Waals surface area contributed by atoms with Gasteiger partial charge in [0.15, 0.2) is 17.6 Å². The van der Waals surface area contributed by atoms with E-state index in [2.05, 4.69) is 19.9 Å². The molecule has 114 valence electrons. The van der Waals surface area contributed by atoms with Crippen molar-refractivity contribution in [1.29, 1.82) is 5.26 Å². The lowest BCUT2D eigenvalue weighted by molar-refractivity contribution is -0.0148. The van der Waals surface area contributed by atoms with Gasteiger partial charge >= 0.3 is 0 Å². The quantitative estimate of drug-likeness (QED) is 0.731. The molecule has 0 bridgehead atoms. The largest absolute Gasteiger partial charge is 0.486 e. The van der Waals surface area contributed by atoms with Crippen molar-refractivity contribution in [2.24, 2.45) is 11.3 Å². The second kappa shape index (κ2) is 7.04. The smallest absolute Gasteiger partial charge is 0.161 e. The van der Waals surface area contributed by atoms with Crippen LogP contribution in [-0.4, -0.2) is 18.6 Å². The van der Waals surface area contributed by atoms with Gasteiger partial charge in [-0.25, -0.2) is 0 Å². The third kappa shape index (κ3) is 3.11. The van der Waals surface area contributed by atoms with Gasteiger partial charge in [0.25, 0.3) is 0 Å². The summed E-state index contributed by atoms with van der Waals surface area (Å²) in [7, 11) is 0. The summed E-state index contributed by atoms with van der Waals surface area (Å²) in [6.45, 7) is 4.63. The minimum absolute atomic E-state index is 0.226. The number of ether oxygens (including phenoxy) is 2.